The molecule has 0 radical (unpaired) electrons. The molecule has 5 nitrogen and oxygen atoms in total. The third-order valence-electron chi connectivity index (χ3n) is 5.33. The van der Waals surface area contributed by atoms with Gasteiger partial charge in [-0.3, -0.25) is 4.90 Å². The molecular weight excluding hydrogens is 360 g/mol. The maximum absolute atomic E-state index is 5.56. The van der Waals surface area contributed by atoms with Crippen molar-refractivity contribution in [3.05, 3.63) is 89.4 Å². The van der Waals surface area contributed by atoms with Crippen molar-refractivity contribution in [1.82, 2.24) is 20.0 Å². The van der Waals surface area contributed by atoms with Crippen molar-refractivity contribution in [2.75, 3.05) is 6.54 Å². The van der Waals surface area contributed by atoms with E-state index in [1.807, 2.05) is 42.6 Å². The fourth-order valence-electron chi connectivity index (χ4n) is 3.71. The number of fused-ring (bicyclic) bond motifs is 1. The minimum absolute atomic E-state index is 0.759. The van der Waals surface area contributed by atoms with Crippen LogP contribution in [0.3, 0.4) is 0 Å². The van der Waals surface area contributed by atoms with Crippen molar-refractivity contribution in [3.8, 4) is 22.7 Å². The summed E-state index contributed by atoms with van der Waals surface area (Å²) in [5, 5.41) is 4.27. The molecule has 4 aromatic rings. The molecule has 0 fully saturated rings. The van der Waals surface area contributed by atoms with E-state index >= 15 is 0 Å². The van der Waals surface area contributed by atoms with E-state index in [-0.39, 0.29) is 0 Å². The first kappa shape index (κ1) is 17.8. The second kappa shape index (κ2) is 7.60. The maximum Gasteiger partial charge on any atom is 0.167 e. The number of nitrogens with zero attached hydrogens (tertiary/aromatic N) is 4. The molecule has 0 unspecified atom stereocenters. The fraction of sp³-hybridized carbons (Fsp3) is 0.208. The largest absolute Gasteiger partial charge is 0.356 e. The molecule has 2 aromatic heterocycles. The van der Waals surface area contributed by atoms with Gasteiger partial charge in [-0.15, -0.1) is 0 Å². The van der Waals surface area contributed by atoms with Gasteiger partial charge >= 0.3 is 0 Å². The number of aryl methyl sites for hydroxylation is 1. The molecule has 0 amide bonds. The topological polar surface area (TPSA) is 55.1 Å². The highest BCUT2D eigenvalue weighted by atomic mass is 16.5. The van der Waals surface area contributed by atoms with Gasteiger partial charge in [0, 0.05) is 55.0 Å². The van der Waals surface area contributed by atoms with Crippen LogP contribution in [-0.4, -0.2) is 26.6 Å². The summed E-state index contributed by atoms with van der Waals surface area (Å²) in [6.45, 7) is 4.62. The molecule has 0 saturated carbocycles. The molecule has 5 rings (SSSR count). The second-order valence-electron chi connectivity index (χ2n) is 7.54. The molecule has 0 aliphatic carbocycles. The Balaban J connectivity index is 1.29. The number of benzene rings is 2. The molecule has 1 aliphatic heterocycles. The number of hydrogen-bond donors (Lipinski definition) is 0. The molecule has 0 N–H and O–H groups in total. The lowest BCUT2D eigenvalue weighted by atomic mass is 10.1. The van der Waals surface area contributed by atoms with Gasteiger partial charge in [-0.25, -0.2) is 9.97 Å². The molecular formula is C24H22N4O. The molecule has 0 spiro atoms. The zero-order valence-electron chi connectivity index (χ0n) is 16.4. The summed E-state index contributed by atoms with van der Waals surface area (Å²) < 4.78 is 5.56. The van der Waals surface area contributed by atoms with Gasteiger partial charge in [0.05, 0.1) is 11.4 Å². The fourth-order valence-corrected chi connectivity index (χ4v) is 3.71. The maximum atomic E-state index is 5.56. The van der Waals surface area contributed by atoms with Crippen molar-refractivity contribution >= 4 is 0 Å². The number of hydrogen-bond acceptors (Lipinski definition) is 5. The summed E-state index contributed by atoms with van der Waals surface area (Å²) in [4.78, 5) is 11.8. The second-order valence-corrected chi connectivity index (χ2v) is 7.54. The molecule has 3 heterocycles. The Bertz CT molecular complexity index is 1120. The van der Waals surface area contributed by atoms with Crippen LogP contribution in [0.2, 0.25) is 0 Å². The highest BCUT2D eigenvalue weighted by Crippen LogP contribution is 2.24. The van der Waals surface area contributed by atoms with Gasteiger partial charge in [0.15, 0.2) is 11.6 Å². The van der Waals surface area contributed by atoms with Crippen LogP contribution < -0.4 is 0 Å². The number of aromatic nitrogens is 3. The molecule has 2 aromatic carbocycles. The highest BCUT2D eigenvalue weighted by Gasteiger charge is 2.20. The molecule has 0 saturated heterocycles. The highest BCUT2D eigenvalue weighted by molar-refractivity contribution is 5.57. The van der Waals surface area contributed by atoms with Crippen molar-refractivity contribution in [3.63, 3.8) is 0 Å². The van der Waals surface area contributed by atoms with E-state index in [1.54, 1.807) is 0 Å². The normalized spacial score (nSPS) is 14.0. The summed E-state index contributed by atoms with van der Waals surface area (Å²) in [5.41, 5.74) is 6.64. The monoisotopic (exact) mass is 382 g/mol. The van der Waals surface area contributed by atoms with Crippen molar-refractivity contribution < 1.29 is 4.52 Å². The summed E-state index contributed by atoms with van der Waals surface area (Å²) in [6.07, 6.45) is 2.89. The van der Waals surface area contributed by atoms with Crippen LogP contribution in [0.15, 0.2) is 71.4 Å². The van der Waals surface area contributed by atoms with Gasteiger partial charge in [0.1, 0.15) is 0 Å². The number of rotatable bonds is 4. The Morgan fingerprint density at radius 2 is 1.83 bits per heavy atom. The van der Waals surface area contributed by atoms with Crippen molar-refractivity contribution in [2.45, 2.75) is 26.4 Å². The Kier molecular flexibility index (Phi) is 4.66. The first-order valence-corrected chi connectivity index (χ1v) is 9.90. The summed E-state index contributed by atoms with van der Waals surface area (Å²) in [6, 6.07) is 20.5. The van der Waals surface area contributed by atoms with Gasteiger partial charge in [-0.1, -0.05) is 65.3 Å². The summed E-state index contributed by atoms with van der Waals surface area (Å²) >= 11 is 0. The minimum Gasteiger partial charge on any atom is -0.356 e. The van der Waals surface area contributed by atoms with E-state index < -0.39 is 0 Å². The predicted octanol–water partition coefficient (Wildman–Crippen LogP) is 4.67. The van der Waals surface area contributed by atoms with E-state index in [0.29, 0.717) is 0 Å². The molecule has 144 valence electrons. The van der Waals surface area contributed by atoms with Crippen LogP contribution >= 0.6 is 0 Å². The van der Waals surface area contributed by atoms with Crippen LogP contribution in [0.25, 0.3) is 22.7 Å². The van der Waals surface area contributed by atoms with E-state index in [1.165, 1.54) is 11.1 Å². The van der Waals surface area contributed by atoms with E-state index in [2.05, 4.69) is 46.2 Å². The van der Waals surface area contributed by atoms with Gasteiger partial charge in [-0.2, -0.15) is 0 Å². The average Bonchev–Trinajstić information content (AvgIpc) is 3.23. The first-order valence-electron chi connectivity index (χ1n) is 9.90. The first-order chi connectivity index (χ1) is 14.2. The van der Waals surface area contributed by atoms with Crippen molar-refractivity contribution in [2.24, 2.45) is 0 Å². The zero-order chi connectivity index (χ0) is 19.6. The Labute approximate surface area is 170 Å². The lowest BCUT2D eigenvalue weighted by Crippen LogP contribution is -2.31. The van der Waals surface area contributed by atoms with Crippen molar-refractivity contribution in [1.29, 1.82) is 0 Å². The van der Waals surface area contributed by atoms with E-state index in [4.69, 9.17) is 9.51 Å². The third kappa shape index (κ3) is 3.82. The lowest BCUT2D eigenvalue weighted by molar-refractivity contribution is 0.235. The quantitative estimate of drug-likeness (QED) is 0.514. The molecule has 1 aliphatic rings. The van der Waals surface area contributed by atoms with Gasteiger partial charge < -0.3 is 4.52 Å². The molecule has 5 heteroatoms. The van der Waals surface area contributed by atoms with Crippen LogP contribution in [0.1, 0.15) is 22.5 Å². The van der Waals surface area contributed by atoms with Gasteiger partial charge in [-0.05, 0) is 6.92 Å². The van der Waals surface area contributed by atoms with Crippen LogP contribution in [0.4, 0.5) is 0 Å². The van der Waals surface area contributed by atoms with Crippen LogP contribution in [0.5, 0.6) is 0 Å². The van der Waals surface area contributed by atoms with E-state index in [9.17, 15) is 0 Å². The molecule has 29 heavy (non-hydrogen) atoms. The zero-order valence-corrected chi connectivity index (χ0v) is 16.4. The smallest absolute Gasteiger partial charge is 0.167 e. The van der Waals surface area contributed by atoms with Gasteiger partial charge in [0.25, 0.3) is 0 Å². The SMILES string of the molecule is Cc1ccc(-c2cc(CN3CCc4nc(-c5ccccc5)ncc4C3)no2)cc1. The van der Waals surface area contributed by atoms with E-state index in [0.717, 1.165) is 60.2 Å². The van der Waals surface area contributed by atoms with Gasteiger partial charge in [0.2, 0.25) is 0 Å². The Morgan fingerprint density at radius 3 is 2.66 bits per heavy atom. The summed E-state index contributed by atoms with van der Waals surface area (Å²) in [7, 11) is 0. The lowest BCUT2D eigenvalue weighted by Gasteiger charge is -2.27. The third-order valence-corrected chi connectivity index (χ3v) is 5.33. The predicted molar refractivity (Wildman–Crippen MR) is 112 cm³/mol. The minimum atomic E-state index is 0.759. The Morgan fingerprint density at radius 1 is 1.00 bits per heavy atom. The summed E-state index contributed by atoms with van der Waals surface area (Å²) in [5.74, 6) is 1.62. The van der Waals surface area contributed by atoms with Crippen LogP contribution in [-0.2, 0) is 19.5 Å². The average molecular weight is 382 g/mol. The Hall–Kier alpha value is -3.31. The standard InChI is InChI=1S/C24H22N4O/c1-17-7-9-18(10-8-17)23-13-21(27-29-23)16-28-12-11-22-20(15-28)14-25-24(26-22)19-5-3-2-4-6-19/h2-10,13-14H,11-12,15-16H2,1H3. The van der Waals surface area contributed by atoms with Crippen LogP contribution in [0, 0.1) is 6.92 Å². The molecule has 0 atom stereocenters. The molecule has 0 bridgehead atoms.